The third kappa shape index (κ3) is 12.5. The Kier molecular flexibility index (Phi) is 15.7. The Labute approximate surface area is 472 Å². The van der Waals surface area contributed by atoms with Gasteiger partial charge in [-0.1, -0.05) is 251 Å². The summed E-state index contributed by atoms with van der Waals surface area (Å²) in [5.74, 6) is 1.40. The fourth-order valence-electron chi connectivity index (χ4n) is 10.1. The first-order chi connectivity index (χ1) is 35.7. The number of hydrogen-bond donors (Lipinski definition) is 0. The van der Waals surface area contributed by atoms with E-state index in [1.807, 2.05) is 12.1 Å². The molecule has 0 amide bonds. The average molecular weight is 1090 g/mol. The predicted molar refractivity (Wildman–Crippen MR) is 332 cm³/mol. The van der Waals surface area contributed by atoms with Gasteiger partial charge in [0.2, 0.25) is 0 Å². The molecule has 0 spiro atoms. The molecule has 8 heteroatoms. The van der Waals surface area contributed by atoms with Crippen LogP contribution in [-0.2, 0) is 52.4 Å². The second-order valence-corrected chi connectivity index (χ2v) is 32.3. The fourth-order valence-corrected chi connectivity index (χ4v) is 12.6. The van der Waals surface area contributed by atoms with E-state index in [1.54, 1.807) is 0 Å². The lowest BCUT2D eigenvalue weighted by Gasteiger charge is -2.32. The van der Waals surface area contributed by atoms with E-state index >= 15 is 0 Å². The summed E-state index contributed by atoms with van der Waals surface area (Å²) in [6, 6.07) is 39.5. The Balaban J connectivity index is 1.51. The van der Waals surface area contributed by atoms with Gasteiger partial charge >= 0.3 is 16.8 Å². The third-order valence-corrected chi connectivity index (χ3v) is 17.4. The molecule has 0 aliphatic carbocycles. The van der Waals surface area contributed by atoms with Gasteiger partial charge in [0, 0.05) is 44.2 Å². The van der Waals surface area contributed by atoms with Crippen molar-refractivity contribution in [3.63, 3.8) is 0 Å². The van der Waals surface area contributed by atoms with Crippen molar-refractivity contribution < 1.29 is 26.5 Å². The van der Waals surface area contributed by atoms with Gasteiger partial charge in [0.25, 0.3) is 0 Å². The van der Waals surface area contributed by atoms with Gasteiger partial charge in [-0.05, 0) is 101 Å². The lowest BCUT2D eigenvalue weighted by molar-refractivity contribution is 0.159. The van der Waals surface area contributed by atoms with Crippen LogP contribution in [0.4, 0.5) is 0 Å². The molecule has 0 saturated carbocycles. The second kappa shape index (κ2) is 20.6. The van der Waals surface area contributed by atoms with E-state index in [0.717, 1.165) is 66.4 Å². The highest BCUT2D eigenvalue weighted by molar-refractivity contribution is 7.42. The quantitative estimate of drug-likeness (QED) is 0.148. The average Bonchev–Trinajstić information content (AvgIpc) is 3.81. The first-order valence-corrected chi connectivity index (χ1v) is 30.4. The van der Waals surface area contributed by atoms with Crippen molar-refractivity contribution >= 4 is 38.8 Å². The standard InChI is InChI=1S/C70H92O6P2/c1-63(2,3)45-35-49(59(53(39-45)67(13,14)15)73-77-71-57(43-31-27-25-28-32-43)58(72-77)44-33-29-26-30-34-44)50-36-46(64(4,5)6)40-54(68(16,17)18)60(50)74-78-75-61-51(37-47(65(7,8)9)41-55(61)69(19,20)21)52-38-48(66(10,11)12)42-56(62(52)76-78)70(22,23)24/h25-42,57-58H,1-24H3/t57-,58+,77?. The van der Waals surface area contributed by atoms with Crippen molar-refractivity contribution in [1.29, 1.82) is 0 Å². The van der Waals surface area contributed by atoms with Gasteiger partial charge in [-0.3, -0.25) is 9.05 Å². The fraction of sp³-hybridized carbons (Fsp3) is 0.486. The van der Waals surface area contributed by atoms with Crippen molar-refractivity contribution in [2.75, 3.05) is 0 Å². The summed E-state index contributed by atoms with van der Waals surface area (Å²) in [6.07, 6.45) is -0.780. The molecule has 8 rings (SSSR count). The van der Waals surface area contributed by atoms with E-state index in [-0.39, 0.29) is 37.9 Å². The molecule has 78 heavy (non-hydrogen) atoms. The van der Waals surface area contributed by atoms with Gasteiger partial charge in [-0.25, -0.2) is 0 Å². The van der Waals surface area contributed by atoms with Crippen LogP contribution in [0.15, 0.2) is 118 Å². The Morgan fingerprint density at radius 1 is 0.333 bits per heavy atom. The van der Waals surface area contributed by atoms with Crippen LogP contribution in [0.2, 0.25) is 0 Å². The van der Waals surface area contributed by atoms with Crippen molar-refractivity contribution in [3.05, 3.63) is 165 Å². The van der Waals surface area contributed by atoms with E-state index in [2.05, 4.69) is 263 Å². The first kappa shape index (κ1) is 59.3. The molecule has 7 aromatic rings. The molecule has 1 saturated heterocycles. The summed E-state index contributed by atoms with van der Waals surface area (Å²) in [7, 11) is -4.13. The highest BCUT2D eigenvalue weighted by atomic mass is 31.2. The molecular formula is C70H92O6P2. The van der Waals surface area contributed by atoms with Crippen LogP contribution < -0.4 is 9.05 Å². The highest BCUT2D eigenvalue weighted by Crippen LogP contribution is 2.63. The van der Waals surface area contributed by atoms with Crippen molar-refractivity contribution in [2.24, 2.45) is 0 Å². The van der Waals surface area contributed by atoms with E-state index in [1.165, 1.54) is 22.3 Å². The van der Waals surface area contributed by atoms with Crippen LogP contribution in [0.5, 0.6) is 11.5 Å². The Hall–Kier alpha value is -4.83. The Morgan fingerprint density at radius 3 is 0.936 bits per heavy atom. The van der Waals surface area contributed by atoms with E-state index in [4.69, 9.17) is 26.5 Å². The highest BCUT2D eigenvalue weighted by Gasteiger charge is 2.43. The molecule has 1 fully saturated rings. The zero-order valence-electron chi connectivity index (χ0n) is 51.9. The van der Waals surface area contributed by atoms with E-state index < -0.39 is 34.5 Å². The summed E-state index contributed by atoms with van der Waals surface area (Å²) in [6.45, 7) is 54.8. The van der Waals surface area contributed by atoms with Crippen molar-refractivity contribution in [2.45, 2.75) is 222 Å². The zero-order chi connectivity index (χ0) is 57.7. The lowest BCUT2D eigenvalue weighted by atomic mass is 9.75. The monoisotopic (exact) mass is 1090 g/mol. The molecular weight excluding hydrogens is 999 g/mol. The summed E-state index contributed by atoms with van der Waals surface area (Å²) in [5.41, 5.74) is 12.5. The summed E-state index contributed by atoms with van der Waals surface area (Å²) >= 11 is 0. The lowest BCUT2D eigenvalue weighted by Crippen LogP contribution is -2.19. The molecule has 1 aliphatic heterocycles. The molecule has 1 aliphatic rings. The zero-order valence-corrected chi connectivity index (χ0v) is 53.7. The minimum absolute atomic E-state index is 0.141. The van der Waals surface area contributed by atoms with Gasteiger partial charge < -0.3 is 17.4 Å². The van der Waals surface area contributed by atoms with Crippen LogP contribution in [0.25, 0.3) is 33.1 Å². The van der Waals surface area contributed by atoms with Crippen molar-refractivity contribution in [3.8, 4) is 22.6 Å². The Morgan fingerprint density at radius 2 is 0.628 bits per heavy atom. The van der Waals surface area contributed by atoms with Crippen LogP contribution >= 0.6 is 16.8 Å². The van der Waals surface area contributed by atoms with Crippen LogP contribution in [0.3, 0.4) is 0 Å². The molecule has 0 radical (unpaired) electrons. The van der Waals surface area contributed by atoms with E-state index in [9.17, 15) is 0 Å². The van der Waals surface area contributed by atoms with Gasteiger partial charge in [0.05, 0.1) is 0 Å². The maximum Gasteiger partial charge on any atom is 0.453 e. The van der Waals surface area contributed by atoms with Gasteiger partial charge in [-0.15, -0.1) is 0 Å². The summed E-state index contributed by atoms with van der Waals surface area (Å²) < 4.78 is 44.6. The predicted octanol–water partition coefficient (Wildman–Crippen LogP) is 22.3. The minimum Gasteiger partial charge on any atom is -0.426 e. The van der Waals surface area contributed by atoms with Gasteiger partial charge in [0.1, 0.15) is 34.9 Å². The van der Waals surface area contributed by atoms with Crippen LogP contribution in [0.1, 0.15) is 234 Å². The molecule has 0 N–H and O–H groups in total. The van der Waals surface area contributed by atoms with Crippen LogP contribution in [-0.4, -0.2) is 0 Å². The molecule has 2 heterocycles. The smallest absolute Gasteiger partial charge is 0.426 e. The minimum atomic E-state index is -2.19. The van der Waals surface area contributed by atoms with Gasteiger partial charge in [0.15, 0.2) is 0 Å². The third-order valence-electron chi connectivity index (χ3n) is 15.2. The molecule has 6 nitrogen and oxygen atoms in total. The molecule has 1 unspecified atom stereocenters. The normalized spacial score (nSPS) is 17.3. The number of benzene rings is 6. The molecule has 6 aromatic carbocycles. The SMILES string of the molecule is CC(C)(C)c1cc(-c2cc(C(C)(C)C)cc(C(C)(C)C)c2Op2oc3c(C(C)(C)C)cc(C(C)(C)C)cc3c3cc(C(C)(C)C)cc(C(C)(C)C)c3o2)c(OP2O[C@H](c3ccccc3)[C@H](c3ccccc3)O2)c(C(C)(C)C)c1. The largest absolute Gasteiger partial charge is 0.453 e. The maximum absolute atomic E-state index is 7.82. The molecule has 0 bridgehead atoms. The topological polar surface area (TPSA) is 63.2 Å². The van der Waals surface area contributed by atoms with Crippen molar-refractivity contribution in [1.82, 2.24) is 0 Å². The van der Waals surface area contributed by atoms with E-state index in [0.29, 0.717) is 11.5 Å². The summed E-state index contributed by atoms with van der Waals surface area (Å²) in [4.78, 5) is 0. The molecule has 3 atom stereocenters. The van der Waals surface area contributed by atoms with Crippen LogP contribution in [0, 0.1) is 0 Å². The Bertz CT molecular complexity index is 3220. The summed E-state index contributed by atoms with van der Waals surface area (Å²) in [5, 5.41) is 2.05. The molecule has 1 aromatic heterocycles. The second-order valence-electron chi connectivity index (χ2n) is 30.3. The number of fused-ring (bicyclic) bond motifs is 3. The van der Waals surface area contributed by atoms with Gasteiger partial charge in [-0.2, -0.15) is 0 Å². The number of hydrogen-bond acceptors (Lipinski definition) is 6. The number of rotatable bonds is 7. The first-order valence-electron chi connectivity index (χ1n) is 28.2. The molecule has 418 valence electrons. The maximum atomic E-state index is 7.82.